The monoisotopic (exact) mass is 487 g/mol. The van der Waals surface area contributed by atoms with E-state index < -0.39 is 12.6 Å². The molecule has 0 aromatic heterocycles. The van der Waals surface area contributed by atoms with E-state index in [4.69, 9.17) is 21.4 Å². The lowest BCUT2D eigenvalue weighted by Gasteiger charge is -2.25. The molecule has 150 valence electrons. The van der Waals surface area contributed by atoms with Crippen LogP contribution in [0.3, 0.4) is 0 Å². The number of hydrogen-bond acceptors (Lipinski definition) is 5. The maximum absolute atomic E-state index is 12.7. The van der Waals surface area contributed by atoms with Crippen LogP contribution >= 0.6 is 39.3 Å². The number of carbonyl (C=O) groups excluding carboxylic acids is 2. The number of halogens is 2. The predicted molar refractivity (Wildman–Crippen MR) is 112 cm³/mol. The second kappa shape index (κ2) is 9.33. The van der Waals surface area contributed by atoms with Crippen LogP contribution in [0.15, 0.2) is 21.5 Å². The fraction of sp³-hybridized carbons (Fsp3) is 0.421. The maximum atomic E-state index is 12.7. The summed E-state index contributed by atoms with van der Waals surface area (Å²) >= 11 is 10.4. The number of carbonyl (C=O) groups is 3. The van der Waals surface area contributed by atoms with Crippen LogP contribution in [0.1, 0.15) is 37.7 Å². The first-order valence-corrected chi connectivity index (χ1v) is 10.9. The number of rotatable bonds is 6. The van der Waals surface area contributed by atoms with Crippen molar-refractivity contribution in [3.63, 3.8) is 0 Å². The molecule has 3 rings (SSSR count). The molecule has 1 aliphatic carbocycles. The van der Waals surface area contributed by atoms with Crippen LogP contribution in [0.5, 0.6) is 5.75 Å². The van der Waals surface area contributed by atoms with Crippen LogP contribution in [0.25, 0.3) is 6.08 Å². The summed E-state index contributed by atoms with van der Waals surface area (Å²) in [5.74, 6) is -0.791. The van der Waals surface area contributed by atoms with E-state index in [-0.39, 0.29) is 21.9 Å². The van der Waals surface area contributed by atoms with Crippen molar-refractivity contribution < 1.29 is 24.2 Å². The molecule has 1 saturated heterocycles. The van der Waals surface area contributed by atoms with Crippen molar-refractivity contribution in [3.05, 3.63) is 32.1 Å². The molecule has 0 bridgehead atoms. The van der Waals surface area contributed by atoms with Gasteiger partial charge in [-0.05, 0) is 70.2 Å². The lowest BCUT2D eigenvalue weighted by atomic mass is 9.89. The normalized spacial score (nSPS) is 19.5. The van der Waals surface area contributed by atoms with E-state index in [1.807, 2.05) is 0 Å². The number of imide groups is 1. The summed E-state index contributed by atoms with van der Waals surface area (Å²) in [6.45, 7) is -0.0356. The van der Waals surface area contributed by atoms with E-state index in [1.165, 1.54) is 11.3 Å². The van der Waals surface area contributed by atoms with Crippen molar-refractivity contribution in [2.75, 3.05) is 13.2 Å². The summed E-state index contributed by atoms with van der Waals surface area (Å²) in [4.78, 5) is 37.4. The van der Waals surface area contributed by atoms with Gasteiger partial charge in [-0.2, -0.15) is 0 Å². The Bertz CT molecular complexity index is 815. The summed E-state index contributed by atoms with van der Waals surface area (Å²) in [7, 11) is 0. The number of aliphatic carboxylic acids is 1. The number of amides is 2. The molecular formula is C19H19BrClNO5S. The van der Waals surface area contributed by atoms with Crippen molar-refractivity contribution in [3.8, 4) is 5.75 Å². The summed E-state index contributed by atoms with van der Waals surface area (Å²) in [5, 5.41) is 8.70. The van der Waals surface area contributed by atoms with Crippen molar-refractivity contribution >= 4 is 62.5 Å². The van der Waals surface area contributed by atoms with Gasteiger partial charge >= 0.3 is 5.97 Å². The van der Waals surface area contributed by atoms with Gasteiger partial charge in [-0.1, -0.05) is 30.9 Å². The lowest BCUT2D eigenvalue weighted by Crippen LogP contribution is -2.34. The highest BCUT2D eigenvalue weighted by atomic mass is 79.9. The third kappa shape index (κ3) is 5.10. The molecule has 6 nitrogen and oxygen atoms in total. The Hall–Kier alpha value is -1.51. The van der Waals surface area contributed by atoms with Gasteiger partial charge in [0, 0.05) is 6.54 Å². The molecule has 0 unspecified atom stereocenters. The zero-order chi connectivity index (χ0) is 20.3. The highest BCUT2D eigenvalue weighted by Gasteiger charge is 2.36. The fourth-order valence-electron chi connectivity index (χ4n) is 3.37. The molecule has 0 radical (unpaired) electrons. The first-order valence-electron chi connectivity index (χ1n) is 8.94. The lowest BCUT2D eigenvalue weighted by molar-refractivity contribution is -0.139. The number of nitrogens with zero attached hydrogens (tertiary/aromatic N) is 1. The van der Waals surface area contributed by atoms with E-state index in [0.717, 1.165) is 37.4 Å². The molecular weight excluding hydrogens is 470 g/mol. The van der Waals surface area contributed by atoms with Crippen LogP contribution in [0.2, 0.25) is 5.02 Å². The molecule has 9 heteroatoms. The van der Waals surface area contributed by atoms with E-state index >= 15 is 0 Å². The molecule has 2 amide bonds. The Morgan fingerprint density at radius 2 is 2.04 bits per heavy atom. The summed E-state index contributed by atoms with van der Waals surface area (Å²) in [5.41, 5.74) is 0.614. The predicted octanol–water partition coefficient (Wildman–Crippen LogP) is 5.18. The van der Waals surface area contributed by atoms with Crippen LogP contribution in [-0.2, 0) is 9.59 Å². The Balaban J connectivity index is 1.75. The third-order valence-electron chi connectivity index (χ3n) is 4.70. The Kier molecular flexibility index (Phi) is 7.06. The minimum atomic E-state index is -1.11. The van der Waals surface area contributed by atoms with Crippen molar-refractivity contribution in [2.45, 2.75) is 32.1 Å². The number of ether oxygens (including phenoxy) is 1. The minimum Gasteiger partial charge on any atom is -0.479 e. The SMILES string of the molecule is O=C(O)COc1c(Cl)cc(/C=C2/SC(=O)N(CC3CCCCC3)C2=O)cc1Br. The van der Waals surface area contributed by atoms with E-state index in [2.05, 4.69) is 15.9 Å². The summed E-state index contributed by atoms with van der Waals surface area (Å²) in [6, 6.07) is 3.23. The quantitative estimate of drug-likeness (QED) is 0.555. The molecule has 1 heterocycles. The molecule has 1 aromatic carbocycles. The standard InChI is InChI=1S/C19H19BrClNO5S/c20-13-6-12(7-14(21)17(13)27-10-16(23)24)8-15-18(25)22(19(26)28-15)9-11-4-2-1-3-5-11/h6-8,11H,1-5,9-10H2,(H,23,24)/b15-8+. The third-order valence-corrected chi connectivity index (χ3v) is 6.47. The Morgan fingerprint density at radius 1 is 1.32 bits per heavy atom. The topological polar surface area (TPSA) is 83.9 Å². The van der Waals surface area contributed by atoms with Gasteiger partial charge in [0.15, 0.2) is 12.4 Å². The van der Waals surface area contributed by atoms with Gasteiger partial charge < -0.3 is 9.84 Å². The van der Waals surface area contributed by atoms with Crippen molar-refractivity contribution in [2.24, 2.45) is 5.92 Å². The van der Waals surface area contributed by atoms with Crippen LogP contribution in [0.4, 0.5) is 4.79 Å². The van der Waals surface area contributed by atoms with E-state index in [9.17, 15) is 14.4 Å². The molecule has 28 heavy (non-hydrogen) atoms. The first-order chi connectivity index (χ1) is 13.3. The molecule has 1 saturated carbocycles. The molecule has 1 aliphatic heterocycles. The van der Waals surface area contributed by atoms with Gasteiger partial charge in [0.05, 0.1) is 14.4 Å². The van der Waals surface area contributed by atoms with Crippen molar-refractivity contribution in [1.29, 1.82) is 0 Å². The maximum Gasteiger partial charge on any atom is 0.341 e. The molecule has 1 N–H and O–H groups in total. The molecule has 0 spiro atoms. The highest BCUT2D eigenvalue weighted by Crippen LogP contribution is 2.38. The van der Waals surface area contributed by atoms with Crippen LogP contribution in [-0.4, -0.2) is 40.3 Å². The molecule has 1 aromatic rings. The highest BCUT2D eigenvalue weighted by molar-refractivity contribution is 9.10. The van der Waals surface area contributed by atoms with Gasteiger partial charge in [-0.15, -0.1) is 0 Å². The number of thioether (sulfide) groups is 1. The second-order valence-electron chi connectivity index (χ2n) is 6.79. The molecule has 2 aliphatic rings. The number of carboxylic acids is 1. The minimum absolute atomic E-state index is 0.211. The van der Waals surface area contributed by atoms with E-state index in [0.29, 0.717) is 27.4 Å². The van der Waals surface area contributed by atoms with Gasteiger partial charge in [0.25, 0.3) is 11.1 Å². The average Bonchev–Trinajstić information content (AvgIpc) is 2.89. The van der Waals surface area contributed by atoms with Crippen molar-refractivity contribution in [1.82, 2.24) is 4.90 Å². The van der Waals surface area contributed by atoms with Gasteiger partial charge in [-0.3, -0.25) is 14.5 Å². The van der Waals surface area contributed by atoms with Gasteiger partial charge in [-0.25, -0.2) is 4.79 Å². The molecule has 2 fully saturated rings. The zero-order valence-corrected chi connectivity index (χ0v) is 18.1. The van der Waals surface area contributed by atoms with E-state index in [1.54, 1.807) is 18.2 Å². The largest absolute Gasteiger partial charge is 0.479 e. The van der Waals surface area contributed by atoms with Gasteiger partial charge in [0.1, 0.15) is 0 Å². The summed E-state index contributed by atoms with van der Waals surface area (Å²) < 4.78 is 5.63. The van der Waals surface area contributed by atoms with Gasteiger partial charge in [0.2, 0.25) is 0 Å². The Morgan fingerprint density at radius 3 is 2.68 bits per heavy atom. The fourth-order valence-corrected chi connectivity index (χ4v) is 5.21. The smallest absolute Gasteiger partial charge is 0.341 e. The number of benzene rings is 1. The molecule has 0 atom stereocenters. The number of carboxylic acid groups (broad SMARTS) is 1. The Labute approximate surface area is 180 Å². The van der Waals surface area contributed by atoms with Crippen LogP contribution < -0.4 is 4.74 Å². The van der Waals surface area contributed by atoms with Crippen LogP contribution in [0, 0.1) is 5.92 Å². The summed E-state index contributed by atoms with van der Waals surface area (Å²) in [6.07, 6.45) is 7.25. The zero-order valence-electron chi connectivity index (χ0n) is 15.0. The number of hydrogen-bond donors (Lipinski definition) is 1. The first kappa shape index (κ1) is 21.2. The second-order valence-corrected chi connectivity index (χ2v) is 9.05. The average molecular weight is 489 g/mol.